The standard InChI is InChI=1S/C19H19N3O4/c1-13-2-6-18(21-20-13)26-15-8-9-22(11-15)19(23)7-4-14-3-5-16-17(10-14)25-12-24-16/h2-7,10,15H,8-9,11-12H2,1H3/b7-4+. The summed E-state index contributed by atoms with van der Waals surface area (Å²) in [6, 6.07) is 9.25. The molecule has 4 rings (SSSR count). The van der Waals surface area contributed by atoms with Crippen LogP contribution >= 0.6 is 0 Å². The fraction of sp³-hybridized carbons (Fsp3) is 0.316. The van der Waals surface area contributed by atoms with E-state index in [-0.39, 0.29) is 18.8 Å². The largest absolute Gasteiger partial charge is 0.471 e. The normalized spacial score (nSPS) is 18.5. The molecule has 3 heterocycles. The lowest BCUT2D eigenvalue weighted by atomic mass is 10.2. The second-order valence-electron chi connectivity index (χ2n) is 6.27. The van der Waals surface area contributed by atoms with Gasteiger partial charge >= 0.3 is 0 Å². The molecule has 0 aliphatic carbocycles. The Balaban J connectivity index is 1.33. The van der Waals surface area contributed by atoms with Crippen molar-refractivity contribution in [3.05, 3.63) is 47.7 Å². The van der Waals surface area contributed by atoms with Gasteiger partial charge in [0.15, 0.2) is 11.5 Å². The van der Waals surface area contributed by atoms with E-state index >= 15 is 0 Å². The molecule has 2 aromatic rings. The van der Waals surface area contributed by atoms with Crippen molar-refractivity contribution in [2.45, 2.75) is 19.4 Å². The summed E-state index contributed by atoms with van der Waals surface area (Å²) in [4.78, 5) is 14.2. The molecule has 1 atom stereocenters. The number of hydrogen-bond donors (Lipinski definition) is 0. The van der Waals surface area contributed by atoms with E-state index in [1.165, 1.54) is 0 Å². The monoisotopic (exact) mass is 353 g/mol. The zero-order chi connectivity index (χ0) is 17.9. The Bertz CT molecular complexity index is 835. The number of ether oxygens (including phenoxy) is 3. The quantitative estimate of drug-likeness (QED) is 0.785. The van der Waals surface area contributed by atoms with Crippen molar-refractivity contribution < 1.29 is 19.0 Å². The van der Waals surface area contributed by atoms with Crippen LogP contribution in [0.1, 0.15) is 17.7 Å². The number of benzene rings is 1. The molecule has 2 aliphatic heterocycles. The van der Waals surface area contributed by atoms with Crippen LogP contribution in [0.25, 0.3) is 6.08 Å². The molecule has 1 aromatic carbocycles. The third kappa shape index (κ3) is 3.61. The van der Waals surface area contributed by atoms with Gasteiger partial charge in [-0.25, -0.2) is 0 Å². The Kier molecular flexibility index (Phi) is 4.43. The SMILES string of the molecule is Cc1ccc(OC2CCN(C(=O)/C=C/c3ccc4c(c3)OCO4)C2)nn1. The van der Waals surface area contributed by atoms with Gasteiger partial charge in [0.1, 0.15) is 6.10 Å². The molecular formula is C19H19N3O4. The van der Waals surface area contributed by atoms with Crippen LogP contribution in [-0.2, 0) is 4.79 Å². The molecule has 0 radical (unpaired) electrons. The Hall–Kier alpha value is -3.09. The molecule has 0 N–H and O–H groups in total. The zero-order valence-corrected chi connectivity index (χ0v) is 14.4. The van der Waals surface area contributed by atoms with Gasteiger partial charge in [-0.1, -0.05) is 6.07 Å². The fourth-order valence-corrected chi connectivity index (χ4v) is 2.93. The van der Waals surface area contributed by atoms with Crippen LogP contribution in [-0.4, -0.2) is 47.0 Å². The van der Waals surface area contributed by atoms with Crippen LogP contribution in [0.3, 0.4) is 0 Å². The average Bonchev–Trinajstić information content (AvgIpc) is 3.30. The lowest BCUT2D eigenvalue weighted by Gasteiger charge is -2.15. The molecule has 134 valence electrons. The molecule has 1 amide bonds. The lowest BCUT2D eigenvalue weighted by Crippen LogP contribution is -2.29. The minimum Gasteiger partial charge on any atom is -0.471 e. The summed E-state index contributed by atoms with van der Waals surface area (Å²) in [5.74, 6) is 1.88. The van der Waals surface area contributed by atoms with Gasteiger partial charge in [-0.2, -0.15) is 5.10 Å². The summed E-state index contributed by atoms with van der Waals surface area (Å²) < 4.78 is 16.4. The number of likely N-dealkylation sites (tertiary alicyclic amines) is 1. The van der Waals surface area contributed by atoms with Gasteiger partial charge in [0.2, 0.25) is 18.6 Å². The molecular weight excluding hydrogens is 334 g/mol. The van der Waals surface area contributed by atoms with Gasteiger partial charge in [0, 0.05) is 25.1 Å². The summed E-state index contributed by atoms with van der Waals surface area (Å²) >= 11 is 0. The Morgan fingerprint density at radius 3 is 2.96 bits per heavy atom. The van der Waals surface area contributed by atoms with E-state index in [0.29, 0.717) is 24.7 Å². The van der Waals surface area contributed by atoms with Gasteiger partial charge in [-0.15, -0.1) is 5.10 Å². The van der Waals surface area contributed by atoms with Crippen LogP contribution in [0.2, 0.25) is 0 Å². The van der Waals surface area contributed by atoms with E-state index in [1.54, 1.807) is 23.1 Å². The van der Waals surface area contributed by atoms with Crippen LogP contribution in [0, 0.1) is 6.92 Å². The van der Waals surface area contributed by atoms with Crippen molar-refractivity contribution in [3.63, 3.8) is 0 Å². The van der Waals surface area contributed by atoms with Crippen LogP contribution in [0.5, 0.6) is 17.4 Å². The van der Waals surface area contributed by atoms with E-state index in [4.69, 9.17) is 14.2 Å². The third-order valence-electron chi connectivity index (χ3n) is 4.33. The molecule has 1 fully saturated rings. The topological polar surface area (TPSA) is 73.8 Å². The fourth-order valence-electron chi connectivity index (χ4n) is 2.93. The maximum Gasteiger partial charge on any atom is 0.246 e. The summed E-state index contributed by atoms with van der Waals surface area (Å²) in [5.41, 5.74) is 1.73. The summed E-state index contributed by atoms with van der Waals surface area (Å²) in [5, 5.41) is 7.98. The molecule has 7 nitrogen and oxygen atoms in total. The van der Waals surface area contributed by atoms with Crippen LogP contribution in [0.4, 0.5) is 0 Å². The molecule has 0 bridgehead atoms. The van der Waals surface area contributed by atoms with E-state index in [1.807, 2.05) is 31.2 Å². The van der Waals surface area contributed by atoms with Crippen molar-refractivity contribution in [2.75, 3.05) is 19.9 Å². The van der Waals surface area contributed by atoms with Gasteiger partial charge in [0.05, 0.1) is 12.2 Å². The lowest BCUT2D eigenvalue weighted by molar-refractivity contribution is -0.125. The highest BCUT2D eigenvalue weighted by atomic mass is 16.7. The highest BCUT2D eigenvalue weighted by Gasteiger charge is 2.26. The number of aryl methyl sites for hydroxylation is 1. The first-order valence-corrected chi connectivity index (χ1v) is 8.51. The average molecular weight is 353 g/mol. The van der Waals surface area contributed by atoms with Crippen molar-refractivity contribution in [2.24, 2.45) is 0 Å². The van der Waals surface area contributed by atoms with Crippen molar-refractivity contribution in [3.8, 4) is 17.4 Å². The number of hydrogen-bond acceptors (Lipinski definition) is 6. The molecule has 0 spiro atoms. The van der Waals surface area contributed by atoms with E-state index in [9.17, 15) is 4.79 Å². The molecule has 1 unspecified atom stereocenters. The Morgan fingerprint density at radius 1 is 1.23 bits per heavy atom. The first-order valence-electron chi connectivity index (χ1n) is 8.51. The zero-order valence-electron chi connectivity index (χ0n) is 14.4. The number of nitrogens with zero attached hydrogens (tertiary/aromatic N) is 3. The maximum absolute atomic E-state index is 12.4. The van der Waals surface area contributed by atoms with Gasteiger partial charge in [0.25, 0.3) is 0 Å². The second-order valence-corrected chi connectivity index (χ2v) is 6.27. The number of carbonyl (C=O) groups is 1. The molecule has 26 heavy (non-hydrogen) atoms. The number of fused-ring (bicyclic) bond motifs is 1. The number of aromatic nitrogens is 2. The van der Waals surface area contributed by atoms with Crippen molar-refractivity contribution in [1.29, 1.82) is 0 Å². The molecule has 2 aliphatic rings. The highest BCUT2D eigenvalue weighted by molar-refractivity contribution is 5.92. The van der Waals surface area contributed by atoms with E-state index in [0.717, 1.165) is 23.4 Å². The third-order valence-corrected chi connectivity index (χ3v) is 4.33. The smallest absolute Gasteiger partial charge is 0.246 e. The summed E-state index contributed by atoms with van der Waals surface area (Å²) in [6.07, 6.45) is 4.07. The summed E-state index contributed by atoms with van der Waals surface area (Å²) in [7, 11) is 0. The van der Waals surface area contributed by atoms with Crippen molar-refractivity contribution >= 4 is 12.0 Å². The van der Waals surface area contributed by atoms with Gasteiger partial charge < -0.3 is 19.1 Å². The first kappa shape index (κ1) is 16.4. The minimum absolute atomic E-state index is 0.0382. The Morgan fingerprint density at radius 2 is 2.12 bits per heavy atom. The number of rotatable bonds is 4. The van der Waals surface area contributed by atoms with Crippen LogP contribution in [0.15, 0.2) is 36.4 Å². The molecule has 7 heteroatoms. The van der Waals surface area contributed by atoms with Gasteiger partial charge in [-0.3, -0.25) is 4.79 Å². The minimum atomic E-state index is -0.0603. The highest BCUT2D eigenvalue weighted by Crippen LogP contribution is 2.32. The number of carbonyl (C=O) groups excluding carboxylic acids is 1. The maximum atomic E-state index is 12.4. The van der Waals surface area contributed by atoms with Gasteiger partial charge in [-0.05, 0) is 36.8 Å². The first-order chi connectivity index (χ1) is 12.7. The van der Waals surface area contributed by atoms with Crippen molar-refractivity contribution in [1.82, 2.24) is 15.1 Å². The Labute approximate surface area is 151 Å². The number of amides is 1. The van der Waals surface area contributed by atoms with Crippen LogP contribution < -0.4 is 14.2 Å². The molecule has 1 saturated heterocycles. The van der Waals surface area contributed by atoms with E-state index < -0.39 is 0 Å². The summed E-state index contributed by atoms with van der Waals surface area (Å²) in [6.45, 7) is 3.31. The predicted molar refractivity (Wildman–Crippen MR) is 94.0 cm³/mol. The molecule has 0 saturated carbocycles. The molecule has 1 aromatic heterocycles. The van der Waals surface area contributed by atoms with E-state index in [2.05, 4.69) is 10.2 Å². The predicted octanol–water partition coefficient (Wildman–Crippen LogP) is 2.21. The second kappa shape index (κ2) is 7.03.